The highest BCUT2D eigenvalue weighted by molar-refractivity contribution is 5.33. The molecule has 4 heteroatoms. The zero-order valence-corrected chi connectivity index (χ0v) is 11.6. The average Bonchev–Trinajstić information content (AvgIpc) is 2.53. The van der Waals surface area contributed by atoms with E-state index in [0.717, 1.165) is 17.5 Å². The molecule has 3 N–H and O–H groups in total. The number of aliphatic hydroxyl groups excluding tert-OH is 1. The second kappa shape index (κ2) is 7.03. The summed E-state index contributed by atoms with van der Waals surface area (Å²) in [6.07, 6.45) is 4.00. The number of aromatic nitrogens is 1. The molecule has 0 amide bonds. The van der Waals surface area contributed by atoms with Crippen molar-refractivity contribution in [2.45, 2.75) is 32.1 Å². The molecule has 2 atom stereocenters. The SMILES string of the molecule is CCC(N)C(Oc1ccccc1CO)c1cccnc1. The van der Waals surface area contributed by atoms with Crippen LogP contribution >= 0.6 is 0 Å². The van der Waals surface area contributed by atoms with Crippen molar-refractivity contribution in [1.82, 2.24) is 4.98 Å². The summed E-state index contributed by atoms with van der Waals surface area (Å²) in [7, 11) is 0. The molecule has 0 saturated carbocycles. The summed E-state index contributed by atoms with van der Waals surface area (Å²) in [6.45, 7) is 1.96. The van der Waals surface area contributed by atoms with Crippen molar-refractivity contribution < 1.29 is 9.84 Å². The van der Waals surface area contributed by atoms with Crippen LogP contribution in [0.1, 0.15) is 30.6 Å². The Balaban J connectivity index is 2.29. The number of nitrogens with zero attached hydrogens (tertiary/aromatic N) is 1. The molecule has 0 radical (unpaired) electrons. The monoisotopic (exact) mass is 272 g/mol. The number of para-hydroxylation sites is 1. The van der Waals surface area contributed by atoms with E-state index in [1.165, 1.54) is 0 Å². The van der Waals surface area contributed by atoms with Gasteiger partial charge in [-0.15, -0.1) is 0 Å². The van der Waals surface area contributed by atoms with E-state index < -0.39 is 0 Å². The van der Waals surface area contributed by atoms with E-state index in [-0.39, 0.29) is 18.8 Å². The summed E-state index contributed by atoms with van der Waals surface area (Å²) in [6, 6.07) is 11.1. The first-order valence-electron chi connectivity index (χ1n) is 6.77. The molecule has 2 unspecified atom stereocenters. The number of rotatable bonds is 6. The maximum Gasteiger partial charge on any atom is 0.140 e. The molecule has 0 aliphatic heterocycles. The van der Waals surface area contributed by atoms with E-state index >= 15 is 0 Å². The fourth-order valence-corrected chi connectivity index (χ4v) is 2.05. The van der Waals surface area contributed by atoms with E-state index in [2.05, 4.69) is 4.98 Å². The highest BCUT2D eigenvalue weighted by Gasteiger charge is 2.21. The summed E-state index contributed by atoms with van der Waals surface area (Å²) in [5.74, 6) is 0.660. The van der Waals surface area contributed by atoms with E-state index in [9.17, 15) is 5.11 Å². The zero-order chi connectivity index (χ0) is 14.4. The number of hydrogen-bond acceptors (Lipinski definition) is 4. The van der Waals surface area contributed by atoms with Gasteiger partial charge in [-0.2, -0.15) is 0 Å². The van der Waals surface area contributed by atoms with Crippen LogP contribution in [0.25, 0.3) is 0 Å². The lowest BCUT2D eigenvalue weighted by molar-refractivity contribution is 0.164. The average molecular weight is 272 g/mol. The van der Waals surface area contributed by atoms with E-state index in [0.29, 0.717) is 5.75 Å². The minimum Gasteiger partial charge on any atom is -0.484 e. The van der Waals surface area contributed by atoms with Gasteiger partial charge in [0.25, 0.3) is 0 Å². The predicted molar refractivity (Wildman–Crippen MR) is 78.2 cm³/mol. The van der Waals surface area contributed by atoms with Gasteiger partial charge in [-0.05, 0) is 18.6 Å². The Morgan fingerprint density at radius 2 is 2.05 bits per heavy atom. The van der Waals surface area contributed by atoms with Crippen molar-refractivity contribution in [1.29, 1.82) is 0 Å². The molecule has 2 aromatic rings. The van der Waals surface area contributed by atoms with Gasteiger partial charge < -0.3 is 15.6 Å². The molecule has 1 aromatic carbocycles. The van der Waals surface area contributed by atoms with Crippen molar-refractivity contribution in [3.8, 4) is 5.75 Å². The number of benzene rings is 1. The molecule has 2 rings (SSSR count). The van der Waals surface area contributed by atoms with Crippen LogP contribution in [0, 0.1) is 0 Å². The summed E-state index contributed by atoms with van der Waals surface area (Å²) in [5.41, 5.74) is 7.87. The van der Waals surface area contributed by atoms with Gasteiger partial charge in [0.2, 0.25) is 0 Å². The van der Waals surface area contributed by atoms with Crippen LogP contribution in [0.15, 0.2) is 48.8 Å². The Morgan fingerprint density at radius 3 is 2.70 bits per heavy atom. The number of pyridine rings is 1. The lowest BCUT2D eigenvalue weighted by atomic mass is 10.0. The smallest absolute Gasteiger partial charge is 0.140 e. The third-order valence-electron chi connectivity index (χ3n) is 3.27. The Hall–Kier alpha value is -1.91. The molecule has 4 nitrogen and oxygen atoms in total. The Bertz CT molecular complexity index is 531. The number of hydrogen-bond donors (Lipinski definition) is 2. The van der Waals surface area contributed by atoms with Crippen molar-refractivity contribution in [3.05, 3.63) is 59.9 Å². The first-order valence-corrected chi connectivity index (χ1v) is 6.77. The van der Waals surface area contributed by atoms with Gasteiger partial charge in [-0.1, -0.05) is 31.2 Å². The normalized spacial score (nSPS) is 13.8. The fourth-order valence-electron chi connectivity index (χ4n) is 2.05. The standard InChI is InChI=1S/C16H20N2O2/c1-2-14(17)16(12-7-5-9-18-10-12)20-15-8-4-3-6-13(15)11-19/h3-10,14,16,19H,2,11,17H2,1H3. The lowest BCUT2D eigenvalue weighted by Gasteiger charge is -2.25. The van der Waals surface area contributed by atoms with E-state index in [1.54, 1.807) is 12.4 Å². The van der Waals surface area contributed by atoms with Crippen LogP contribution in [0.5, 0.6) is 5.75 Å². The largest absolute Gasteiger partial charge is 0.484 e. The van der Waals surface area contributed by atoms with Gasteiger partial charge in [-0.3, -0.25) is 4.98 Å². The van der Waals surface area contributed by atoms with Crippen LogP contribution in [0.3, 0.4) is 0 Å². The molecule has 0 aliphatic carbocycles. The third kappa shape index (κ3) is 3.35. The molecule has 0 aliphatic rings. The molecule has 0 fully saturated rings. The first kappa shape index (κ1) is 14.5. The molecule has 20 heavy (non-hydrogen) atoms. The van der Waals surface area contributed by atoms with Crippen LogP contribution in [0.4, 0.5) is 0 Å². The molecule has 0 spiro atoms. The Morgan fingerprint density at radius 1 is 1.25 bits per heavy atom. The second-order valence-corrected chi connectivity index (χ2v) is 4.66. The van der Waals surface area contributed by atoms with Crippen LogP contribution in [-0.2, 0) is 6.61 Å². The van der Waals surface area contributed by atoms with E-state index in [1.807, 2.05) is 43.3 Å². The maximum atomic E-state index is 9.37. The molecule has 0 bridgehead atoms. The predicted octanol–water partition coefficient (Wildman–Crippen LogP) is 2.43. The topological polar surface area (TPSA) is 68.4 Å². The number of nitrogens with two attached hydrogens (primary N) is 1. The highest BCUT2D eigenvalue weighted by Crippen LogP contribution is 2.27. The van der Waals surface area contributed by atoms with Crippen molar-refractivity contribution in [2.24, 2.45) is 5.73 Å². The third-order valence-corrected chi connectivity index (χ3v) is 3.27. The summed E-state index contributed by atoms with van der Waals surface area (Å²) in [4.78, 5) is 4.12. The molecular formula is C16H20N2O2. The summed E-state index contributed by atoms with van der Waals surface area (Å²) >= 11 is 0. The fraction of sp³-hybridized carbons (Fsp3) is 0.312. The quantitative estimate of drug-likeness (QED) is 0.847. The minimum absolute atomic E-state index is 0.0582. The molecule has 106 valence electrons. The van der Waals surface area contributed by atoms with Gasteiger partial charge in [0, 0.05) is 29.6 Å². The maximum absolute atomic E-state index is 9.37. The molecular weight excluding hydrogens is 252 g/mol. The minimum atomic E-state index is -0.276. The van der Waals surface area contributed by atoms with Crippen LogP contribution in [0.2, 0.25) is 0 Å². The highest BCUT2D eigenvalue weighted by atomic mass is 16.5. The Kier molecular flexibility index (Phi) is 5.09. The van der Waals surface area contributed by atoms with E-state index in [4.69, 9.17) is 10.5 Å². The van der Waals surface area contributed by atoms with Gasteiger partial charge >= 0.3 is 0 Å². The molecule has 1 aromatic heterocycles. The number of ether oxygens (including phenoxy) is 1. The summed E-state index contributed by atoms with van der Waals surface area (Å²) < 4.78 is 6.05. The van der Waals surface area contributed by atoms with Gasteiger partial charge in [-0.25, -0.2) is 0 Å². The zero-order valence-electron chi connectivity index (χ0n) is 11.6. The van der Waals surface area contributed by atoms with Crippen LogP contribution < -0.4 is 10.5 Å². The van der Waals surface area contributed by atoms with Crippen molar-refractivity contribution >= 4 is 0 Å². The van der Waals surface area contributed by atoms with Crippen molar-refractivity contribution in [2.75, 3.05) is 0 Å². The van der Waals surface area contributed by atoms with Crippen molar-refractivity contribution in [3.63, 3.8) is 0 Å². The Labute approximate surface area is 119 Å². The first-order chi connectivity index (χ1) is 9.76. The number of aliphatic hydroxyl groups is 1. The van der Waals surface area contributed by atoms with Crippen LogP contribution in [-0.4, -0.2) is 16.1 Å². The van der Waals surface area contributed by atoms with Gasteiger partial charge in [0.15, 0.2) is 0 Å². The second-order valence-electron chi connectivity index (χ2n) is 4.66. The lowest BCUT2D eigenvalue weighted by Crippen LogP contribution is -2.31. The molecule has 1 heterocycles. The van der Waals surface area contributed by atoms with Gasteiger partial charge in [0.1, 0.15) is 11.9 Å². The molecule has 0 saturated heterocycles. The summed E-state index contributed by atoms with van der Waals surface area (Å²) in [5, 5.41) is 9.37. The van der Waals surface area contributed by atoms with Gasteiger partial charge in [0.05, 0.1) is 6.61 Å².